The molecule has 4 rings (SSSR count). The molecule has 2 aromatic carbocycles. The summed E-state index contributed by atoms with van der Waals surface area (Å²) in [5, 5.41) is 22.0. The van der Waals surface area contributed by atoms with Gasteiger partial charge in [0.25, 0.3) is 5.91 Å². The lowest BCUT2D eigenvalue weighted by molar-refractivity contribution is -0.130. The summed E-state index contributed by atoms with van der Waals surface area (Å²) in [6.07, 6.45) is 5.82. The van der Waals surface area contributed by atoms with Gasteiger partial charge in [-0.3, -0.25) is 14.9 Å². The van der Waals surface area contributed by atoms with Crippen LogP contribution in [0, 0.1) is 5.41 Å². The van der Waals surface area contributed by atoms with E-state index < -0.39 is 10.8 Å². The van der Waals surface area contributed by atoms with Gasteiger partial charge in [0.05, 0.1) is 10.8 Å². The van der Waals surface area contributed by atoms with E-state index in [0.29, 0.717) is 12.0 Å². The second kappa shape index (κ2) is 5.84. The molecule has 1 aliphatic carbocycles. The van der Waals surface area contributed by atoms with Crippen LogP contribution in [-0.2, 0) is 15.0 Å². The lowest BCUT2D eigenvalue weighted by Gasteiger charge is -2.47. The normalized spacial score (nSPS) is 22.9. The minimum atomic E-state index is -1.12. The molecule has 5 heteroatoms. The minimum absolute atomic E-state index is 0.118. The average Bonchev–Trinajstić information content (AvgIpc) is 2.93. The van der Waals surface area contributed by atoms with Crippen molar-refractivity contribution in [2.45, 2.75) is 18.8 Å². The van der Waals surface area contributed by atoms with E-state index in [0.717, 1.165) is 11.1 Å². The monoisotopic (exact) mass is 361 g/mol. The Hall–Kier alpha value is -3.34. The summed E-state index contributed by atoms with van der Waals surface area (Å²) in [5.74, 6) is -0.486. The lowest BCUT2D eigenvalue weighted by Crippen LogP contribution is -2.51. The third-order valence-corrected chi connectivity index (χ3v) is 5.78. The predicted octanol–water partition coefficient (Wildman–Crippen LogP) is 2.93. The van der Waals surface area contributed by atoms with Gasteiger partial charge in [-0.25, -0.2) is 0 Å². The highest BCUT2D eigenvalue weighted by molar-refractivity contribution is 6.19. The largest absolute Gasteiger partial charge is 0.508 e. The van der Waals surface area contributed by atoms with Gasteiger partial charge in [-0.05, 0) is 41.8 Å². The maximum Gasteiger partial charge on any atom is 0.254 e. The van der Waals surface area contributed by atoms with Crippen LogP contribution in [0.1, 0.15) is 24.5 Å². The maximum absolute atomic E-state index is 13.2. The van der Waals surface area contributed by atoms with Crippen molar-refractivity contribution in [3.05, 3.63) is 83.5 Å². The Balaban J connectivity index is 2.10. The molecular formula is C22H19NO4. The first-order valence-electron chi connectivity index (χ1n) is 8.80. The standard InChI is InChI=1S/C22H19NO4/c1-2-21-18(19(26)23-20(21)27)4-3-13-22(21,14-5-9-16(24)10-6-14)15-7-11-17(25)12-8-15/h3-13,24-25H,2H2,1H3,(H,23,26,27). The zero-order valence-electron chi connectivity index (χ0n) is 14.8. The molecular weight excluding hydrogens is 342 g/mol. The molecule has 1 unspecified atom stereocenters. The topological polar surface area (TPSA) is 86.6 Å². The van der Waals surface area contributed by atoms with Gasteiger partial charge in [0.15, 0.2) is 0 Å². The second-order valence-corrected chi connectivity index (χ2v) is 6.88. The molecule has 2 aliphatic rings. The zero-order chi connectivity index (χ0) is 19.2. The van der Waals surface area contributed by atoms with Gasteiger partial charge in [-0.2, -0.15) is 0 Å². The minimum Gasteiger partial charge on any atom is -0.508 e. The van der Waals surface area contributed by atoms with Crippen molar-refractivity contribution in [2.75, 3.05) is 0 Å². The summed E-state index contributed by atoms with van der Waals surface area (Å²) in [7, 11) is 0. The molecule has 1 fully saturated rings. The number of carbonyl (C=O) groups is 2. The first kappa shape index (κ1) is 17.1. The maximum atomic E-state index is 13.2. The zero-order valence-corrected chi connectivity index (χ0v) is 14.8. The van der Waals surface area contributed by atoms with Gasteiger partial charge in [-0.15, -0.1) is 0 Å². The Labute approximate surface area is 156 Å². The van der Waals surface area contributed by atoms with Gasteiger partial charge in [0.1, 0.15) is 11.5 Å². The number of amides is 2. The number of phenols is 2. The molecule has 136 valence electrons. The van der Waals surface area contributed by atoms with E-state index >= 15 is 0 Å². The van der Waals surface area contributed by atoms with Crippen LogP contribution in [0.25, 0.3) is 0 Å². The van der Waals surface area contributed by atoms with E-state index in [1.165, 1.54) is 0 Å². The molecule has 0 radical (unpaired) electrons. The van der Waals surface area contributed by atoms with Crippen LogP contribution in [-0.4, -0.2) is 22.0 Å². The second-order valence-electron chi connectivity index (χ2n) is 6.88. The summed E-state index contributed by atoms with van der Waals surface area (Å²) in [6.45, 7) is 1.89. The summed E-state index contributed by atoms with van der Waals surface area (Å²) in [5.41, 5.74) is -0.0892. The van der Waals surface area contributed by atoms with Crippen LogP contribution in [0.15, 0.2) is 72.3 Å². The third-order valence-electron chi connectivity index (χ3n) is 5.78. The molecule has 2 aromatic rings. The molecule has 1 heterocycles. The van der Waals surface area contributed by atoms with Crippen molar-refractivity contribution in [3.63, 3.8) is 0 Å². The number of nitrogens with one attached hydrogen (secondary N) is 1. The molecule has 5 nitrogen and oxygen atoms in total. The molecule has 1 aliphatic heterocycles. The molecule has 0 bridgehead atoms. The number of carbonyl (C=O) groups excluding carboxylic acids is 2. The van der Waals surface area contributed by atoms with Crippen LogP contribution in [0.5, 0.6) is 11.5 Å². The van der Waals surface area contributed by atoms with Crippen molar-refractivity contribution in [1.82, 2.24) is 5.32 Å². The van der Waals surface area contributed by atoms with Gasteiger partial charge in [0.2, 0.25) is 5.91 Å². The summed E-state index contributed by atoms with van der Waals surface area (Å²) >= 11 is 0. The number of rotatable bonds is 3. The number of fused-ring (bicyclic) bond motifs is 1. The molecule has 3 N–H and O–H groups in total. The van der Waals surface area contributed by atoms with E-state index in [9.17, 15) is 19.8 Å². The van der Waals surface area contributed by atoms with Crippen molar-refractivity contribution in [2.24, 2.45) is 5.41 Å². The Morgan fingerprint density at radius 3 is 1.89 bits per heavy atom. The van der Waals surface area contributed by atoms with E-state index in [2.05, 4.69) is 5.32 Å². The number of hydrogen-bond donors (Lipinski definition) is 3. The van der Waals surface area contributed by atoms with Crippen LogP contribution >= 0.6 is 0 Å². The third kappa shape index (κ3) is 2.11. The van der Waals surface area contributed by atoms with Gasteiger partial charge in [-0.1, -0.05) is 49.4 Å². The highest BCUT2D eigenvalue weighted by atomic mass is 16.3. The molecule has 27 heavy (non-hydrogen) atoms. The number of aromatic hydroxyl groups is 2. The van der Waals surface area contributed by atoms with Crippen molar-refractivity contribution < 1.29 is 19.8 Å². The number of phenolic OH excluding ortho intramolecular Hbond substituents is 2. The SMILES string of the molecule is CCC12C(=O)NC(=O)C1=CC=CC2(c1ccc(O)cc1)c1ccc(O)cc1. The van der Waals surface area contributed by atoms with Crippen LogP contribution < -0.4 is 5.32 Å². The van der Waals surface area contributed by atoms with Crippen molar-refractivity contribution >= 4 is 11.8 Å². The fraction of sp³-hybridized carbons (Fsp3) is 0.182. The summed E-state index contributed by atoms with van der Waals surface area (Å²) in [6, 6.07) is 13.4. The quantitative estimate of drug-likeness (QED) is 0.734. The summed E-state index contributed by atoms with van der Waals surface area (Å²) in [4.78, 5) is 25.7. The van der Waals surface area contributed by atoms with Crippen LogP contribution in [0.3, 0.4) is 0 Å². The number of imide groups is 1. The number of allylic oxidation sites excluding steroid dienone is 3. The molecule has 2 amide bonds. The van der Waals surface area contributed by atoms with Gasteiger partial charge >= 0.3 is 0 Å². The Kier molecular flexibility index (Phi) is 3.70. The first-order valence-corrected chi connectivity index (χ1v) is 8.80. The number of hydrogen-bond acceptors (Lipinski definition) is 4. The molecule has 0 saturated carbocycles. The Bertz CT molecular complexity index is 940. The van der Waals surface area contributed by atoms with Crippen LogP contribution in [0.4, 0.5) is 0 Å². The Morgan fingerprint density at radius 1 is 0.889 bits per heavy atom. The lowest BCUT2D eigenvalue weighted by atomic mass is 9.51. The average molecular weight is 361 g/mol. The van der Waals surface area contributed by atoms with Crippen molar-refractivity contribution in [3.8, 4) is 11.5 Å². The molecule has 1 saturated heterocycles. The predicted molar refractivity (Wildman–Crippen MR) is 100 cm³/mol. The smallest absolute Gasteiger partial charge is 0.254 e. The van der Waals surface area contributed by atoms with E-state index in [4.69, 9.17) is 0 Å². The fourth-order valence-corrected chi connectivity index (χ4v) is 4.56. The van der Waals surface area contributed by atoms with Gasteiger partial charge in [0, 0.05) is 5.57 Å². The number of benzene rings is 2. The van der Waals surface area contributed by atoms with Crippen LogP contribution in [0.2, 0.25) is 0 Å². The highest BCUT2D eigenvalue weighted by Crippen LogP contribution is 2.58. The van der Waals surface area contributed by atoms with E-state index in [1.54, 1.807) is 60.7 Å². The highest BCUT2D eigenvalue weighted by Gasteiger charge is 2.63. The van der Waals surface area contributed by atoms with E-state index in [1.807, 2.05) is 13.0 Å². The van der Waals surface area contributed by atoms with Gasteiger partial charge < -0.3 is 10.2 Å². The van der Waals surface area contributed by atoms with E-state index in [-0.39, 0.29) is 23.3 Å². The first-order chi connectivity index (χ1) is 13.0. The van der Waals surface area contributed by atoms with Crippen molar-refractivity contribution in [1.29, 1.82) is 0 Å². The Morgan fingerprint density at radius 2 is 1.41 bits per heavy atom. The molecule has 0 aromatic heterocycles. The molecule has 1 atom stereocenters. The molecule has 0 spiro atoms. The summed E-state index contributed by atoms with van der Waals surface area (Å²) < 4.78 is 0. The fourth-order valence-electron chi connectivity index (χ4n) is 4.56.